The Bertz CT molecular complexity index is 1070. The van der Waals surface area contributed by atoms with Crippen molar-refractivity contribution < 1.29 is 24.2 Å². The molecule has 3 fully saturated rings. The highest BCUT2D eigenvalue weighted by Gasteiger charge is 2.46. The highest BCUT2D eigenvalue weighted by atomic mass is 16.5. The Morgan fingerprint density at radius 3 is 2.15 bits per heavy atom. The minimum atomic E-state index is -1.40. The first kappa shape index (κ1) is 23.9. The first-order chi connectivity index (χ1) is 15.9. The molecule has 2 saturated heterocycles. The van der Waals surface area contributed by atoms with Crippen LogP contribution in [0.1, 0.15) is 30.6 Å². The maximum Gasteiger partial charge on any atom is 0.259 e. The molecule has 2 aromatic rings. The predicted octanol–water partition coefficient (Wildman–Crippen LogP) is 2.38. The van der Waals surface area contributed by atoms with Crippen molar-refractivity contribution in [1.82, 2.24) is 9.80 Å². The normalized spacial score (nSPS) is 19.0. The van der Waals surface area contributed by atoms with Crippen LogP contribution in [0.15, 0.2) is 48.5 Å². The van der Waals surface area contributed by atoms with Crippen LogP contribution in [0.5, 0.6) is 0 Å². The van der Waals surface area contributed by atoms with E-state index in [0.717, 1.165) is 29.7 Å². The summed E-state index contributed by atoms with van der Waals surface area (Å²) in [5.74, 6) is -0.175. The number of nitrogens with one attached hydrogen (secondary N) is 1. The first-order valence-electron chi connectivity index (χ1n) is 11.3. The molecule has 3 amide bonds. The summed E-state index contributed by atoms with van der Waals surface area (Å²) in [5.41, 5.74) is 1.88. The van der Waals surface area contributed by atoms with Crippen LogP contribution in [-0.2, 0) is 14.3 Å². The first-order valence-corrected chi connectivity index (χ1v) is 11.3. The van der Waals surface area contributed by atoms with Gasteiger partial charge in [0.05, 0.1) is 13.2 Å². The van der Waals surface area contributed by atoms with Gasteiger partial charge in [0.15, 0.2) is 5.60 Å². The van der Waals surface area contributed by atoms with Crippen molar-refractivity contribution in [2.75, 3.05) is 44.7 Å². The summed E-state index contributed by atoms with van der Waals surface area (Å²) in [6.45, 7) is 1.70. The van der Waals surface area contributed by atoms with Gasteiger partial charge in [0.2, 0.25) is 5.91 Å². The minimum Gasteiger partial charge on any atom is -0.376 e. The summed E-state index contributed by atoms with van der Waals surface area (Å²) >= 11 is 0. The summed E-state index contributed by atoms with van der Waals surface area (Å²) in [6.07, 6.45) is 1.92. The summed E-state index contributed by atoms with van der Waals surface area (Å²) in [4.78, 5) is 40.7. The van der Waals surface area contributed by atoms with Crippen LogP contribution in [-0.4, -0.2) is 77.6 Å². The van der Waals surface area contributed by atoms with Crippen molar-refractivity contribution in [3.63, 3.8) is 0 Å². The van der Waals surface area contributed by atoms with Crippen LogP contribution in [0, 0.1) is 5.92 Å². The number of carbonyl (C=O) groups excluding carboxylic acids is 3. The monoisotopic (exact) mass is 465 g/mol. The average Bonchev–Trinajstić information content (AvgIpc) is 3.68. The molecule has 0 radical (unpaired) electrons. The van der Waals surface area contributed by atoms with Gasteiger partial charge in [0.25, 0.3) is 11.8 Å². The largest absolute Gasteiger partial charge is 0.376 e. The Hall–Kier alpha value is -3.23. The summed E-state index contributed by atoms with van der Waals surface area (Å²) in [7, 11) is 0. The molecule has 180 valence electrons. The van der Waals surface area contributed by atoms with E-state index >= 15 is 0 Å². The number of nitrogens with zero attached hydrogens (tertiary/aromatic N) is 2. The molecule has 34 heavy (non-hydrogen) atoms. The smallest absolute Gasteiger partial charge is 0.259 e. The molecular formula is C26H31N3O5. The molecule has 0 unspecified atom stereocenters. The number of benzene rings is 2. The van der Waals surface area contributed by atoms with E-state index in [4.69, 9.17) is 4.74 Å². The molecule has 0 atom stereocenters. The number of anilines is 1. The van der Waals surface area contributed by atoms with Crippen LogP contribution in [0.4, 0.5) is 5.69 Å². The maximum atomic E-state index is 12.9. The van der Waals surface area contributed by atoms with Gasteiger partial charge in [-0.25, -0.2) is 0 Å². The fraction of sp³-hybridized carbons (Fsp3) is 0.423. The lowest BCUT2D eigenvalue weighted by molar-refractivity contribution is -0.201. The molecule has 8 heteroatoms. The van der Waals surface area contributed by atoms with Crippen molar-refractivity contribution in [1.29, 1.82) is 0 Å². The second-order valence-electron chi connectivity index (χ2n) is 9.03. The zero-order valence-corrected chi connectivity index (χ0v) is 18.3. The van der Waals surface area contributed by atoms with Crippen LogP contribution < -0.4 is 5.32 Å². The Labute approximate surface area is 199 Å². The number of hydrogen-bond acceptors (Lipinski definition) is 5. The van der Waals surface area contributed by atoms with Gasteiger partial charge < -0.3 is 25.0 Å². The number of hydrogen-bond donors (Lipinski definition) is 2. The number of rotatable bonds is 5. The van der Waals surface area contributed by atoms with E-state index in [1.807, 2.05) is 36.4 Å². The Morgan fingerprint density at radius 1 is 0.912 bits per heavy atom. The molecule has 2 heterocycles. The van der Waals surface area contributed by atoms with Gasteiger partial charge in [0, 0.05) is 43.3 Å². The third kappa shape index (κ3) is 4.83. The highest BCUT2D eigenvalue weighted by molar-refractivity contribution is 5.96. The van der Waals surface area contributed by atoms with Gasteiger partial charge in [-0.1, -0.05) is 31.7 Å². The number of ether oxygens (including phenoxy) is 1. The number of amides is 3. The summed E-state index contributed by atoms with van der Waals surface area (Å²) < 4.78 is 4.96. The zero-order chi connectivity index (χ0) is 23.0. The van der Waals surface area contributed by atoms with Gasteiger partial charge in [-0.15, -0.1) is 0 Å². The van der Waals surface area contributed by atoms with Crippen molar-refractivity contribution in [2.45, 2.75) is 25.9 Å². The van der Waals surface area contributed by atoms with Crippen molar-refractivity contribution in [3.05, 3.63) is 54.1 Å². The molecule has 3 aliphatic rings. The minimum absolute atomic E-state index is 0. The molecule has 1 saturated carbocycles. The molecule has 2 aliphatic heterocycles. The third-order valence-corrected chi connectivity index (χ3v) is 6.48. The van der Waals surface area contributed by atoms with E-state index in [0.29, 0.717) is 31.7 Å². The summed E-state index contributed by atoms with van der Waals surface area (Å²) in [5, 5.41) is 13.1. The molecule has 5 rings (SSSR count). The molecule has 2 N–H and O–H groups in total. The molecule has 2 aromatic carbocycles. The highest BCUT2D eigenvalue weighted by Crippen LogP contribution is 2.31. The molecule has 1 aliphatic carbocycles. The molecular weight excluding hydrogens is 434 g/mol. The van der Waals surface area contributed by atoms with Crippen LogP contribution in [0.3, 0.4) is 0 Å². The number of aliphatic hydroxyl groups is 1. The van der Waals surface area contributed by atoms with Gasteiger partial charge >= 0.3 is 0 Å². The molecule has 0 aromatic heterocycles. The van der Waals surface area contributed by atoms with Crippen LogP contribution in [0.2, 0.25) is 0 Å². The Morgan fingerprint density at radius 2 is 1.56 bits per heavy atom. The zero-order valence-electron chi connectivity index (χ0n) is 18.3. The van der Waals surface area contributed by atoms with Gasteiger partial charge in [0.1, 0.15) is 0 Å². The molecule has 0 bridgehead atoms. The fourth-order valence-electron chi connectivity index (χ4n) is 4.18. The van der Waals surface area contributed by atoms with Crippen molar-refractivity contribution in [2.24, 2.45) is 5.92 Å². The SMILES string of the molecule is C.O=C(Nc1cccc(-c2ccc(C(=O)N3CCN(C(=O)C4(O)COC4)CC3)cc2)c1)C1CC1. The van der Waals surface area contributed by atoms with E-state index < -0.39 is 5.60 Å². The van der Waals surface area contributed by atoms with E-state index in [1.54, 1.807) is 21.9 Å². The van der Waals surface area contributed by atoms with Gasteiger partial charge in [-0.2, -0.15) is 0 Å². The van der Waals surface area contributed by atoms with Crippen molar-refractivity contribution in [3.8, 4) is 11.1 Å². The van der Waals surface area contributed by atoms with Crippen LogP contribution in [0.25, 0.3) is 11.1 Å². The van der Waals surface area contributed by atoms with E-state index in [1.165, 1.54) is 0 Å². The third-order valence-electron chi connectivity index (χ3n) is 6.48. The predicted molar refractivity (Wildman–Crippen MR) is 128 cm³/mol. The number of piperazine rings is 1. The Balaban J connectivity index is 0.00000274. The maximum absolute atomic E-state index is 12.9. The van der Waals surface area contributed by atoms with Crippen LogP contribution >= 0.6 is 0 Å². The number of carbonyl (C=O) groups is 3. The Kier molecular flexibility index (Phi) is 6.72. The second-order valence-corrected chi connectivity index (χ2v) is 9.03. The quantitative estimate of drug-likeness (QED) is 0.707. The average molecular weight is 466 g/mol. The summed E-state index contributed by atoms with van der Waals surface area (Å²) in [6, 6.07) is 15.1. The van der Waals surface area contributed by atoms with Gasteiger partial charge in [-0.05, 0) is 48.2 Å². The van der Waals surface area contributed by atoms with Crippen molar-refractivity contribution >= 4 is 23.4 Å². The standard InChI is InChI=1S/C25H27N3O5.CH4/c29-22(18-6-7-18)26-21-3-1-2-20(14-21)17-4-8-19(9-5-17)23(30)27-10-12-28(13-11-27)24(31)25(32)15-33-16-25;/h1-5,8-9,14,18,32H,6-7,10-13,15-16H2,(H,26,29);1H4. The lowest BCUT2D eigenvalue weighted by Gasteiger charge is -2.42. The van der Waals surface area contributed by atoms with E-state index in [2.05, 4.69) is 5.32 Å². The lowest BCUT2D eigenvalue weighted by Crippen LogP contribution is -2.64. The topological polar surface area (TPSA) is 99.2 Å². The molecule has 0 spiro atoms. The van der Waals surface area contributed by atoms with E-state index in [-0.39, 0.29) is 44.3 Å². The lowest BCUT2D eigenvalue weighted by atomic mass is 10.00. The van der Waals surface area contributed by atoms with Gasteiger partial charge in [-0.3, -0.25) is 14.4 Å². The fourth-order valence-corrected chi connectivity index (χ4v) is 4.18. The molecule has 8 nitrogen and oxygen atoms in total. The second kappa shape index (κ2) is 9.56. The van der Waals surface area contributed by atoms with E-state index in [9.17, 15) is 19.5 Å².